The molecule has 188 valence electrons. The molecule has 0 aliphatic carbocycles. The number of nitrogens with zero attached hydrogens (tertiary/aromatic N) is 5. The molecule has 36 heavy (non-hydrogen) atoms. The molecule has 1 saturated heterocycles. The normalized spacial score (nSPS) is 13.3. The number of hydrogen-bond acceptors (Lipinski definition) is 9. The molecule has 4 rings (SSSR count). The lowest BCUT2D eigenvalue weighted by Crippen LogP contribution is -2.47. The Morgan fingerprint density at radius 1 is 1.11 bits per heavy atom. The van der Waals surface area contributed by atoms with Gasteiger partial charge >= 0.3 is 5.69 Å². The van der Waals surface area contributed by atoms with Crippen molar-refractivity contribution in [1.29, 1.82) is 0 Å². The minimum absolute atomic E-state index is 0.0872. The van der Waals surface area contributed by atoms with E-state index in [0.717, 1.165) is 6.33 Å². The number of nitrogens with one attached hydrogen (secondary N) is 2. The van der Waals surface area contributed by atoms with E-state index in [2.05, 4.69) is 20.8 Å². The lowest BCUT2D eigenvalue weighted by Gasteiger charge is -2.36. The van der Waals surface area contributed by atoms with Crippen molar-refractivity contribution >= 4 is 52.1 Å². The number of hydrogen-bond donors (Lipinski definition) is 2. The second-order valence-electron chi connectivity index (χ2n) is 7.61. The maximum Gasteiger partial charge on any atom is 0.355 e. The number of hydrazine groups is 1. The summed E-state index contributed by atoms with van der Waals surface area (Å²) in [6, 6.07) is 11.0. The fraction of sp³-hybridized carbons (Fsp3) is 0.227. The number of ether oxygens (including phenoxy) is 1. The summed E-state index contributed by atoms with van der Waals surface area (Å²) in [5.74, 6) is -0.818. The first-order valence-corrected chi connectivity index (χ1v) is 11.5. The molecule has 0 radical (unpaired) electrons. The molecule has 11 nitrogen and oxygen atoms in total. The minimum Gasteiger partial charge on any atom is -0.482 e. The van der Waals surface area contributed by atoms with Gasteiger partial charge in [0.15, 0.2) is 6.61 Å². The summed E-state index contributed by atoms with van der Waals surface area (Å²) >= 11 is 11.8. The summed E-state index contributed by atoms with van der Waals surface area (Å²) in [5, 5.41) is 12.5. The Morgan fingerprint density at radius 2 is 1.83 bits per heavy atom. The van der Waals surface area contributed by atoms with Gasteiger partial charge in [-0.05, 0) is 30.3 Å². The summed E-state index contributed by atoms with van der Waals surface area (Å²) in [6.07, 6.45) is 1.16. The number of piperazine rings is 1. The maximum atomic E-state index is 14.1. The zero-order valence-corrected chi connectivity index (χ0v) is 20.2. The number of benzene rings is 2. The van der Waals surface area contributed by atoms with Crippen molar-refractivity contribution in [1.82, 2.24) is 15.4 Å². The number of carbonyl (C=O) groups excluding carboxylic acids is 1. The molecule has 1 aliphatic rings. The Bertz CT molecular complexity index is 1270. The first kappa shape index (κ1) is 25.2. The van der Waals surface area contributed by atoms with E-state index in [-0.39, 0.29) is 28.2 Å². The van der Waals surface area contributed by atoms with Gasteiger partial charge in [0.2, 0.25) is 11.6 Å². The van der Waals surface area contributed by atoms with Crippen LogP contribution in [0.1, 0.15) is 0 Å². The molecule has 1 fully saturated rings. The molecule has 1 aromatic heterocycles. The van der Waals surface area contributed by atoms with Gasteiger partial charge in [-0.2, -0.15) is 0 Å². The Balaban J connectivity index is 1.40. The number of halogens is 3. The van der Waals surface area contributed by atoms with E-state index in [4.69, 9.17) is 27.9 Å². The topological polar surface area (TPSA) is 126 Å². The lowest BCUT2D eigenvalue weighted by molar-refractivity contribution is -0.383. The van der Waals surface area contributed by atoms with Gasteiger partial charge in [0.25, 0.3) is 5.91 Å². The fourth-order valence-corrected chi connectivity index (χ4v) is 4.09. The van der Waals surface area contributed by atoms with Gasteiger partial charge in [-0.1, -0.05) is 35.3 Å². The van der Waals surface area contributed by atoms with Gasteiger partial charge in [-0.3, -0.25) is 25.8 Å². The molecule has 1 aliphatic heterocycles. The summed E-state index contributed by atoms with van der Waals surface area (Å²) in [7, 11) is 0. The van der Waals surface area contributed by atoms with Crippen LogP contribution in [0, 0.1) is 15.9 Å². The molecule has 2 heterocycles. The highest BCUT2D eigenvalue weighted by atomic mass is 35.5. The highest BCUT2D eigenvalue weighted by Gasteiger charge is 2.30. The van der Waals surface area contributed by atoms with Crippen molar-refractivity contribution < 1.29 is 18.8 Å². The summed E-state index contributed by atoms with van der Waals surface area (Å²) in [4.78, 5) is 35.0. The van der Waals surface area contributed by atoms with Crippen molar-refractivity contribution in [3.8, 4) is 5.75 Å². The highest BCUT2D eigenvalue weighted by molar-refractivity contribution is 6.35. The van der Waals surface area contributed by atoms with Crippen LogP contribution in [0.25, 0.3) is 0 Å². The first-order chi connectivity index (χ1) is 17.3. The number of carbonyl (C=O) groups is 1. The molecule has 0 unspecified atom stereocenters. The van der Waals surface area contributed by atoms with Crippen LogP contribution in [-0.4, -0.2) is 53.6 Å². The lowest BCUT2D eigenvalue weighted by atomic mass is 10.2. The smallest absolute Gasteiger partial charge is 0.355 e. The van der Waals surface area contributed by atoms with Gasteiger partial charge < -0.3 is 14.5 Å². The number of rotatable bonds is 8. The zero-order chi connectivity index (χ0) is 25.7. The average Bonchev–Trinajstić information content (AvgIpc) is 2.87. The van der Waals surface area contributed by atoms with E-state index in [1.54, 1.807) is 29.2 Å². The number of amides is 1. The molecule has 3 aromatic rings. The van der Waals surface area contributed by atoms with E-state index >= 15 is 0 Å². The average molecular weight is 536 g/mol. The third-order valence-electron chi connectivity index (χ3n) is 5.33. The highest BCUT2D eigenvalue weighted by Crippen LogP contribution is 2.33. The van der Waals surface area contributed by atoms with Gasteiger partial charge in [0.05, 0.1) is 15.6 Å². The standard InChI is InChI=1S/C22H20Cl2FN7O4/c23-14-5-6-18(15(24)11-14)36-12-19(33)28-29-21-20(32(34)35)22(27-13-26-21)31-9-7-30(8-10-31)17-4-2-1-3-16(17)25/h1-6,11,13H,7-10,12H2,(H,28,33)(H,26,27,29). The van der Waals surface area contributed by atoms with E-state index in [9.17, 15) is 19.3 Å². The zero-order valence-electron chi connectivity index (χ0n) is 18.7. The third-order valence-corrected chi connectivity index (χ3v) is 5.86. The van der Waals surface area contributed by atoms with E-state index in [1.165, 1.54) is 18.2 Å². The predicted octanol–water partition coefficient (Wildman–Crippen LogP) is 3.68. The molecule has 0 atom stereocenters. The molecular weight excluding hydrogens is 516 g/mol. The molecule has 1 amide bonds. The predicted molar refractivity (Wildman–Crippen MR) is 133 cm³/mol. The van der Waals surface area contributed by atoms with Crippen LogP contribution in [0.4, 0.5) is 27.4 Å². The molecule has 2 N–H and O–H groups in total. The fourth-order valence-electron chi connectivity index (χ4n) is 3.63. The molecule has 0 saturated carbocycles. The van der Waals surface area contributed by atoms with Crippen LogP contribution in [0.15, 0.2) is 48.8 Å². The van der Waals surface area contributed by atoms with Crippen molar-refractivity contribution in [2.45, 2.75) is 0 Å². The Kier molecular flexibility index (Phi) is 7.86. The van der Waals surface area contributed by atoms with E-state index in [0.29, 0.717) is 36.9 Å². The van der Waals surface area contributed by atoms with E-state index in [1.807, 2.05) is 4.90 Å². The van der Waals surface area contributed by atoms with Crippen molar-refractivity contribution in [3.63, 3.8) is 0 Å². The summed E-state index contributed by atoms with van der Waals surface area (Å²) in [6.45, 7) is 1.19. The number of anilines is 3. The van der Waals surface area contributed by atoms with Gasteiger partial charge in [-0.25, -0.2) is 14.4 Å². The van der Waals surface area contributed by atoms with Gasteiger partial charge in [0, 0.05) is 31.2 Å². The quantitative estimate of drug-likeness (QED) is 0.328. The second-order valence-corrected chi connectivity index (χ2v) is 8.46. The summed E-state index contributed by atoms with van der Waals surface area (Å²) < 4.78 is 19.5. The SMILES string of the molecule is O=C(COc1ccc(Cl)cc1Cl)NNc1ncnc(N2CCN(c3ccccc3F)CC2)c1[N+](=O)[O-]. The largest absolute Gasteiger partial charge is 0.482 e. The monoisotopic (exact) mass is 535 g/mol. The van der Waals surface area contributed by atoms with Crippen LogP contribution in [0.3, 0.4) is 0 Å². The Labute approximate surface area is 214 Å². The van der Waals surface area contributed by atoms with E-state index < -0.39 is 23.1 Å². The maximum absolute atomic E-state index is 14.1. The minimum atomic E-state index is -0.631. The second kappa shape index (κ2) is 11.2. The van der Waals surface area contributed by atoms with Crippen LogP contribution in [0.2, 0.25) is 10.0 Å². The Morgan fingerprint density at radius 3 is 2.53 bits per heavy atom. The van der Waals surface area contributed by atoms with Gasteiger partial charge in [-0.15, -0.1) is 0 Å². The van der Waals surface area contributed by atoms with Crippen LogP contribution in [0.5, 0.6) is 5.75 Å². The third kappa shape index (κ3) is 5.83. The Hall–Kier alpha value is -3.90. The van der Waals surface area contributed by atoms with Crippen molar-refractivity contribution in [3.05, 3.63) is 74.8 Å². The number of aromatic nitrogens is 2. The molecule has 0 bridgehead atoms. The summed E-state index contributed by atoms with van der Waals surface area (Å²) in [5.41, 5.74) is 4.85. The van der Waals surface area contributed by atoms with Gasteiger partial charge in [0.1, 0.15) is 17.9 Å². The molecule has 0 spiro atoms. The molecule has 14 heteroatoms. The number of nitro groups is 1. The number of para-hydroxylation sites is 1. The van der Waals surface area contributed by atoms with Crippen LogP contribution in [-0.2, 0) is 4.79 Å². The van der Waals surface area contributed by atoms with Crippen molar-refractivity contribution in [2.24, 2.45) is 0 Å². The van der Waals surface area contributed by atoms with Crippen LogP contribution < -0.4 is 25.4 Å². The van der Waals surface area contributed by atoms with Crippen molar-refractivity contribution in [2.75, 3.05) is 48.0 Å². The molecular formula is C22H20Cl2FN7O4. The molecule has 2 aromatic carbocycles. The first-order valence-electron chi connectivity index (χ1n) is 10.7. The van der Waals surface area contributed by atoms with Crippen LogP contribution >= 0.6 is 23.2 Å².